The summed E-state index contributed by atoms with van der Waals surface area (Å²) in [5.74, 6) is -0.239. The van der Waals surface area contributed by atoms with Gasteiger partial charge >= 0.3 is 6.18 Å². The minimum Gasteiger partial charge on any atom is -0.339 e. The monoisotopic (exact) mass is 599 g/mol. The smallest absolute Gasteiger partial charge is 0.339 e. The summed E-state index contributed by atoms with van der Waals surface area (Å²) in [5.41, 5.74) is -0.949. The van der Waals surface area contributed by atoms with Gasteiger partial charge in [-0.1, -0.05) is 6.07 Å². The Labute approximate surface area is 228 Å². The van der Waals surface area contributed by atoms with Crippen LogP contribution in [-0.2, 0) is 26.2 Å². The molecule has 3 aromatic rings. The first-order valence-corrected chi connectivity index (χ1v) is 15.8. The van der Waals surface area contributed by atoms with Crippen molar-refractivity contribution in [2.75, 3.05) is 28.8 Å². The molecule has 4 rings (SSSR count). The second-order valence-corrected chi connectivity index (χ2v) is 12.9. The van der Waals surface area contributed by atoms with E-state index in [2.05, 4.69) is 9.44 Å². The van der Waals surface area contributed by atoms with E-state index in [1.54, 1.807) is 17.2 Å². The lowest BCUT2D eigenvalue weighted by atomic mass is 10.2. The van der Waals surface area contributed by atoms with Crippen molar-refractivity contribution >= 4 is 49.1 Å². The highest BCUT2D eigenvalue weighted by molar-refractivity contribution is 7.98. The number of benzene rings is 3. The standard InChI is InChI=1S/C25H24F3N3O5S3/c1-37-23-12-11-21(16-22(23)24(32)31-13-2-3-14-31)39(35,36)29-18-7-9-20(10-8-18)38(33,34)30-19-6-4-5-17(15-19)25(26,27)28/h4-12,15-16,29-30H,2-3,13-14H2,1H3. The maximum Gasteiger partial charge on any atom is 0.416 e. The molecule has 14 heteroatoms. The van der Waals surface area contributed by atoms with Crippen molar-refractivity contribution in [2.24, 2.45) is 0 Å². The lowest BCUT2D eigenvalue weighted by Crippen LogP contribution is -2.28. The summed E-state index contributed by atoms with van der Waals surface area (Å²) < 4.78 is 94.8. The molecule has 1 fully saturated rings. The van der Waals surface area contributed by atoms with E-state index in [1.807, 2.05) is 0 Å². The average Bonchev–Trinajstić information content (AvgIpc) is 3.42. The topological polar surface area (TPSA) is 113 Å². The fourth-order valence-corrected chi connectivity index (χ4v) is 6.71. The number of nitrogens with one attached hydrogen (secondary N) is 2. The van der Waals surface area contributed by atoms with Gasteiger partial charge in [0.2, 0.25) is 0 Å². The van der Waals surface area contributed by atoms with E-state index in [4.69, 9.17) is 0 Å². The molecule has 0 bridgehead atoms. The molecule has 0 aromatic heterocycles. The van der Waals surface area contributed by atoms with E-state index in [1.165, 1.54) is 42.1 Å². The molecule has 0 aliphatic carbocycles. The Kier molecular flexibility index (Phi) is 8.19. The van der Waals surface area contributed by atoms with Gasteiger partial charge in [0.25, 0.3) is 26.0 Å². The number of alkyl halides is 3. The van der Waals surface area contributed by atoms with Gasteiger partial charge in [0.05, 0.1) is 20.9 Å². The molecule has 2 N–H and O–H groups in total. The third-order valence-electron chi connectivity index (χ3n) is 5.96. The predicted octanol–water partition coefficient (Wildman–Crippen LogP) is 5.26. The molecule has 1 heterocycles. The number of amides is 1. The van der Waals surface area contributed by atoms with Crippen LogP contribution in [0.2, 0.25) is 0 Å². The van der Waals surface area contributed by atoms with E-state index in [0.717, 1.165) is 37.1 Å². The van der Waals surface area contributed by atoms with Gasteiger partial charge in [0.15, 0.2) is 0 Å². The molecule has 1 aliphatic heterocycles. The molecule has 1 saturated heterocycles. The zero-order chi connectivity index (χ0) is 28.4. The Bertz CT molecular complexity index is 1590. The fraction of sp³-hybridized carbons (Fsp3) is 0.240. The van der Waals surface area contributed by atoms with E-state index in [-0.39, 0.29) is 32.6 Å². The zero-order valence-corrected chi connectivity index (χ0v) is 23.0. The van der Waals surface area contributed by atoms with Gasteiger partial charge in [-0.05, 0) is 79.8 Å². The van der Waals surface area contributed by atoms with Crippen LogP contribution in [0.4, 0.5) is 24.5 Å². The number of hydrogen-bond donors (Lipinski definition) is 2. The van der Waals surface area contributed by atoms with E-state index in [0.29, 0.717) is 24.1 Å². The summed E-state index contributed by atoms with van der Waals surface area (Å²) in [7, 11) is -8.39. The Morgan fingerprint density at radius 1 is 0.821 bits per heavy atom. The van der Waals surface area contributed by atoms with Gasteiger partial charge in [0.1, 0.15) is 0 Å². The number of nitrogens with zero attached hydrogens (tertiary/aromatic N) is 1. The molecular formula is C25H24F3N3O5S3. The second-order valence-electron chi connectivity index (χ2n) is 8.68. The van der Waals surface area contributed by atoms with Crippen molar-refractivity contribution in [3.63, 3.8) is 0 Å². The molecule has 0 unspecified atom stereocenters. The number of hydrogen-bond acceptors (Lipinski definition) is 6. The van der Waals surface area contributed by atoms with Gasteiger partial charge in [-0.2, -0.15) is 13.2 Å². The summed E-state index contributed by atoms with van der Waals surface area (Å²) in [6.45, 7) is 1.22. The van der Waals surface area contributed by atoms with Crippen molar-refractivity contribution < 1.29 is 34.8 Å². The molecule has 0 saturated carbocycles. The molecular weight excluding hydrogens is 575 g/mol. The first kappa shape index (κ1) is 28.8. The molecule has 208 valence electrons. The Hall–Kier alpha value is -3.23. The number of thioether (sulfide) groups is 1. The summed E-state index contributed by atoms with van der Waals surface area (Å²) >= 11 is 1.33. The van der Waals surface area contributed by atoms with Crippen molar-refractivity contribution in [2.45, 2.75) is 33.7 Å². The highest BCUT2D eigenvalue weighted by atomic mass is 32.2. The normalized spacial score (nSPS) is 14.3. The van der Waals surface area contributed by atoms with Crippen LogP contribution in [0.1, 0.15) is 28.8 Å². The Morgan fingerprint density at radius 2 is 1.41 bits per heavy atom. The first-order chi connectivity index (χ1) is 18.3. The lowest BCUT2D eigenvalue weighted by Gasteiger charge is -2.18. The van der Waals surface area contributed by atoms with E-state index >= 15 is 0 Å². The largest absolute Gasteiger partial charge is 0.416 e. The minimum absolute atomic E-state index is 0.0504. The minimum atomic E-state index is -4.64. The SMILES string of the molecule is CSc1ccc(S(=O)(=O)Nc2ccc(S(=O)(=O)Nc3cccc(C(F)(F)F)c3)cc2)cc1C(=O)N1CCCC1. The fourth-order valence-electron chi connectivity index (χ4n) is 4.00. The number of anilines is 2. The number of carbonyl (C=O) groups is 1. The van der Waals surface area contributed by atoms with Crippen LogP contribution in [0.15, 0.2) is 81.4 Å². The van der Waals surface area contributed by atoms with Gasteiger partial charge < -0.3 is 4.90 Å². The van der Waals surface area contributed by atoms with Crippen LogP contribution in [0.3, 0.4) is 0 Å². The molecule has 1 amide bonds. The molecule has 1 aliphatic rings. The van der Waals surface area contributed by atoms with Crippen LogP contribution in [0.25, 0.3) is 0 Å². The second kappa shape index (κ2) is 11.1. The highest BCUT2D eigenvalue weighted by Gasteiger charge is 2.31. The van der Waals surface area contributed by atoms with Gasteiger partial charge in [0, 0.05) is 29.4 Å². The Morgan fingerprint density at radius 3 is 2.03 bits per heavy atom. The van der Waals surface area contributed by atoms with E-state index in [9.17, 15) is 34.8 Å². The molecule has 3 aromatic carbocycles. The lowest BCUT2D eigenvalue weighted by molar-refractivity contribution is -0.137. The number of halogens is 3. The zero-order valence-electron chi connectivity index (χ0n) is 20.5. The highest BCUT2D eigenvalue weighted by Crippen LogP contribution is 2.32. The van der Waals surface area contributed by atoms with Crippen molar-refractivity contribution in [1.82, 2.24) is 4.90 Å². The van der Waals surface area contributed by atoms with Crippen molar-refractivity contribution in [3.05, 3.63) is 77.9 Å². The first-order valence-electron chi connectivity index (χ1n) is 11.6. The average molecular weight is 600 g/mol. The van der Waals surface area contributed by atoms with Crippen LogP contribution in [0, 0.1) is 0 Å². The molecule has 0 radical (unpaired) electrons. The molecule has 8 nitrogen and oxygen atoms in total. The maximum atomic E-state index is 13.1. The van der Waals surface area contributed by atoms with Crippen LogP contribution < -0.4 is 9.44 Å². The number of carbonyl (C=O) groups excluding carboxylic acids is 1. The predicted molar refractivity (Wildman–Crippen MR) is 143 cm³/mol. The number of rotatable bonds is 8. The van der Waals surface area contributed by atoms with Crippen LogP contribution in [-0.4, -0.2) is 47.0 Å². The molecule has 0 atom stereocenters. The van der Waals surface area contributed by atoms with Crippen LogP contribution >= 0.6 is 11.8 Å². The van der Waals surface area contributed by atoms with E-state index < -0.39 is 31.8 Å². The summed E-state index contributed by atoms with van der Waals surface area (Å²) in [6.07, 6.45) is -1.07. The summed E-state index contributed by atoms with van der Waals surface area (Å²) in [4.78, 5) is 14.9. The number of likely N-dealkylation sites (tertiary alicyclic amines) is 1. The molecule has 0 spiro atoms. The van der Waals surface area contributed by atoms with Crippen molar-refractivity contribution in [1.29, 1.82) is 0 Å². The van der Waals surface area contributed by atoms with Gasteiger partial charge in [-0.3, -0.25) is 14.2 Å². The molecule has 39 heavy (non-hydrogen) atoms. The third kappa shape index (κ3) is 6.68. The quantitative estimate of drug-likeness (QED) is 0.342. The van der Waals surface area contributed by atoms with Gasteiger partial charge in [-0.25, -0.2) is 16.8 Å². The summed E-state index contributed by atoms with van der Waals surface area (Å²) in [5, 5.41) is 0. The number of sulfonamides is 2. The van der Waals surface area contributed by atoms with Crippen LogP contribution in [0.5, 0.6) is 0 Å². The maximum absolute atomic E-state index is 13.1. The van der Waals surface area contributed by atoms with Crippen molar-refractivity contribution in [3.8, 4) is 0 Å². The third-order valence-corrected chi connectivity index (χ3v) is 9.54. The summed E-state index contributed by atoms with van der Waals surface area (Å²) in [6, 6.07) is 12.7. The Balaban J connectivity index is 1.52. The van der Waals surface area contributed by atoms with Gasteiger partial charge in [-0.15, -0.1) is 11.8 Å².